The molecular formula is C42H31NSSi. The quantitative estimate of drug-likeness (QED) is 0.179. The largest absolute Gasteiger partial charge is 0.310 e. The summed E-state index contributed by atoms with van der Waals surface area (Å²) in [6.45, 7) is 5.05. The van der Waals surface area contributed by atoms with Crippen molar-refractivity contribution in [3.8, 4) is 22.3 Å². The maximum atomic E-state index is 2.53. The van der Waals surface area contributed by atoms with Crippen molar-refractivity contribution in [2.75, 3.05) is 4.90 Å². The predicted molar refractivity (Wildman–Crippen MR) is 199 cm³/mol. The molecule has 0 bridgehead atoms. The van der Waals surface area contributed by atoms with Gasteiger partial charge in [0.2, 0.25) is 0 Å². The zero-order chi connectivity index (χ0) is 30.1. The van der Waals surface area contributed by atoms with E-state index in [1.807, 2.05) is 11.3 Å². The molecule has 2 heterocycles. The monoisotopic (exact) mass is 609 g/mol. The number of thiophene rings is 1. The van der Waals surface area contributed by atoms with Gasteiger partial charge in [0.15, 0.2) is 0 Å². The third-order valence-electron chi connectivity index (χ3n) is 9.66. The second kappa shape index (κ2) is 10.0. The molecule has 0 N–H and O–H groups in total. The van der Waals surface area contributed by atoms with Crippen molar-refractivity contribution >= 4 is 77.8 Å². The van der Waals surface area contributed by atoms with Crippen LogP contribution in [0.4, 0.5) is 17.1 Å². The van der Waals surface area contributed by atoms with Crippen LogP contribution in [0.2, 0.25) is 13.1 Å². The van der Waals surface area contributed by atoms with Gasteiger partial charge in [0, 0.05) is 37.1 Å². The van der Waals surface area contributed by atoms with E-state index in [1.165, 1.54) is 69.8 Å². The van der Waals surface area contributed by atoms with Crippen LogP contribution < -0.4 is 15.3 Å². The van der Waals surface area contributed by atoms with Gasteiger partial charge in [-0.1, -0.05) is 128 Å². The molecule has 0 saturated heterocycles. The molecule has 1 aliphatic rings. The molecule has 0 amide bonds. The molecule has 7 aromatic carbocycles. The van der Waals surface area contributed by atoms with Crippen molar-refractivity contribution in [1.82, 2.24) is 0 Å². The minimum atomic E-state index is -1.96. The van der Waals surface area contributed by atoms with E-state index in [2.05, 4.69) is 170 Å². The topological polar surface area (TPSA) is 3.24 Å². The Morgan fingerprint density at radius 3 is 2.09 bits per heavy atom. The van der Waals surface area contributed by atoms with Gasteiger partial charge in [-0.15, -0.1) is 11.3 Å². The maximum absolute atomic E-state index is 2.53. The van der Waals surface area contributed by atoms with Crippen LogP contribution >= 0.6 is 11.3 Å². The summed E-state index contributed by atoms with van der Waals surface area (Å²) in [5.74, 6) is 0. The molecular weight excluding hydrogens is 579 g/mol. The first kappa shape index (κ1) is 26.4. The lowest BCUT2D eigenvalue weighted by Crippen LogP contribution is -2.49. The Balaban J connectivity index is 1.27. The van der Waals surface area contributed by atoms with Crippen LogP contribution in [-0.4, -0.2) is 8.07 Å². The van der Waals surface area contributed by atoms with E-state index < -0.39 is 8.07 Å². The Morgan fingerprint density at radius 1 is 0.489 bits per heavy atom. The molecule has 0 aliphatic carbocycles. The van der Waals surface area contributed by atoms with Gasteiger partial charge < -0.3 is 4.90 Å². The average molecular weight is 610 g/mol. The maximum Gasteiger partial charge on any atom is 0.114 e. The Bertz CT molecular complexity index is 2420. The van der Waals surface area contributed by atoms with Crippen molar-refractivity contribution in [1.29, 1.82) is 0 Å². The molecule has 3 heteroatoms. The second-order valence-corrected chi connectivity index (χ2v) is 17.9. The van der Waals surface area contributed by atoms with E-state index in [0.29, 0.717) is 0 Å². The summed E-state index contributed by atoms with van der Waals surface area (Å²) >= 11 is 1.95. The first-order valence-electron chi connectivity index (χ1n) is 15.6. The zero-order valence-corrected chi connectivity index (χ0v) is 27.1. The highest BCUT2D eigenvalue weighted by atomic mass is 32.1. The molecule has 0 saturated carbocycles. The van der Waals surface area contributed by atoms with E-state index in [4.69, 9.17) is 0 Å². The molecule has 45 heavy (non-hydrogen) atoms. The fraction of sp³-hybridized carbons (Fsp3) is 0.0476. The highest BCUT2D eigenvalue weighted by Crippen LogP contribution is 2.45. The van der Waals surface area contributed by atoms with Crippen LogP contribution in [0.15, 0.2) is 152 Å². The fourth-order valence-corrected chi connectivity index (χ4v) is 11.9. The summed E-state index contributed by atoms with van der Waals surface area (Å²) in [5, 5.41) is 8.34. The highest BCUT2D eigenvalue weighted by Gasteiger charge is 2.39. The number of hydrogen-bond donors (Lipinski definition) is 0. The summed E-state index contributed by atoms with van der Waals surface area (Å²) in [5.41, 5.74) is 8.90. The van der Waals surface area contributed by atoms with Gasteiger partial charge in [0.1, 0.15) is 8.07 Å². The molecule has 0 fully saturated rings. The molecule has 0 radical (unpaired) electrons. The lowest BCUT2D eigenvalue weighted by Gasteiger charge is -2.29. The van der Waals surface area contributed by atoms with E-state index in [-0.39, 0.29) is 0 Å². The number of anilines is 3. The van der Waals surface area contributed by atoms with Gasteiger partial charge in [0.05, 0.1) is 5.69 Å². The predicted octanol–water partition coefficient (Wildman–Crippen LogP) is 11.1. The van der Waals surface area contributed by atoms with Gasteiger partial charge in [-0.05, 0) is 74.2 Å². The van der Waals surface area contributed by atoms with Crippen molar-refractivity contribution in [3.05, 3.63) is 152 Å². The number of rotatable bonds is 4. The molecule has 9 rings (SSSR count). The second-order valence-electron chi connectivity index (χ2n) is 12.5. The summed E-state index contributed by atoms with van der Waals surface area (Å²) < 4.78 is 2.80. The molecule has 0 unspecified atom stereocenters. The zero-order valence-electron chi connectivity index (χ0n) is 25.3. The minimum absolute atomic E-state index is 1.16. The van der Waals surface area contributed by atoms with Crippen molar-refractivity contribution < 1.29 is 0 Å². The highest BCUT2D eigenvalue weighted by molar-refractivity contribution is 7.26. The lowest BCUT2D eigenvalue weighted by atomic mass is 9.96. The lowest BCUT2D eigenvalue weighted by molar-refractivity contribution is 1.29. The SMILES string of the molecule is C[Si]1(C)c2cc(N(c3ccccc3)c3ccccc3-c3cccc4ccccc34)ccc2-c2c1ccc1c2sc2ccccc21. The molecule has 0 spiro atoms. The summed E-state index contributed by atoms with van der Waals surface area (Å²) in [6.07, 6.45) is 0. The number of nitrogens with zero attached hydrogens (tertiary/aromatic N) is 1. The minimum Gasteiger partial charge on any atom is -0.310 e. The number of para-hydroxylation sites is 2. The molecule has 1 aromatic heterocycles. The summed E-state index contributed by atoms with van der Waals surface area (Å²) in [4.78, 5) is 2.46. The van der Waals surface area contributed by atoms with Crippen molar-refractivity contribution in [2.45, 2.75) is 13.1 Å². The Morgan fingerprint density at radius 2 is 1.20 bits per heavy atom. The van der Waals surface area contributed by atoms with Crippen molar-refractivity contribution in [3.63, 3.8) is 0 Å². The van der Waals surface area contributed by atoms with Gasteiger partial charge >= 0.3 is 0 Å². The first-order chi connectivity index (χ1) is 22.1. The third-order valence-corrected chi connectivity index (χ3v) is 14.4. The van der Waals surface area contributed by atoms with E-state index in [1.54, 1.807) is 5.19 Å². The van der Waals surface area contributed by atoms with Crippen LogP contribution in [0.25, 0.3) is 53.2 Å². The van der Waals surface area contributed by atoms with Crippen LogP contribution in [0.3, 0.4) is 0 Å². The van der Waals surface area contributed by atoms with Gasteiger partial charge in [-0.3, -0.25) is 0 Å². The number of fused-ring (bicyclic) bond motifs is 8. The third kappa shape index (κ3) is 3.98. The standard InChI is InChI=1S/C42H31NSSi/c1-45(2)39-26-25-35-34-19-9-11-22-38(34)44-42(35)41(39)36-24-23-30(27-40(36)45)43(29-15-4-3-5-16-29)37-21-10-8-18-33(37)32-20-12-14-28-13-6-7-17-31(28)32/h3-27H,1-2H3. The van der Waals surface area contributed by atoms with E-state index >= 15 is 0 Å². The van der Waals surface area contributed by atoms with E-state index in [9.17, 15) is 0 Å². The molecule has 214 valence electrons. The van der Waals surface area contributed by atoms with Crippen LogP contribution in [0, 0.1) is 0 Å². The number of benzene rings is 7. The summed E-state index contributed by atoms with van der Waals surface area (Å²) in [7, 11) is -1.96. The number of hydrogen-bond acceptors (Lipinski definition) is 2. The van der Waals surface area contributed by atoms with Gasteiger partial charge in [-0.25, -0.2) is 0 Å². The Kier molecular flexibility index (Phi) is 5.89. The molecule has 1 aliphatic heterocycles. The Hall–Kier alpha value is -4.96. The van der Waals surface area contributed by atoms with Gasteiger partial charge in [-0.2, -0.15) is 0 Å². The van der Waals surface area contributed by atoms with Gasteiger partial charge in [0.25, 0.3) is 0 Å². The summed E-state index contributed by atoms with van der Waals surface area (Å²) in [6, 6.07) is 56.0. The van der Waals surface area contributed by atoms with E-state index in [0.717, 1.165) is 5.69 Å². The fourth-order valence-electron chi connectivity index (χ4n) is 7.49. The molecule has 1 nitrogen and oxygen atoms in total. The van der Waals surface area contributed by atoms with Crippen LogP contribution in [0.5, 0.6) is 0 Å². The smallest absolute Gasteiger partial charge is 0.114 e. The van der Waals surface area contributed by atoms with Crippen LogP contribution in [0.1, 0.15) is 0 Å². The van der Waals surface area contributed by atoms with Crippen molar-refractivity contribution in [2.24, 2.45) is 0 Å². The Labute approximate surface area is 268 Å². The van der Waals surface area contributed by atoms with Crippen LogP contribution in [-0.2, 0) is 0 Å². The normalized spacial score (nSPS) is 13.3. The molecule has 8 aromatic rings. The molecule has 0 atom stereocenters. The first-order valence-corrected chi connectivity index (χ1v) is 19.4. The average Bonchev–Trinajstić information content (AvgIpc) is 3.57.